The van der Waals surface area contributed by atoms with E-state index in [9.17, 15) is 0 Å². The number of ether oxygens (including phenoxy) is 2. The topological polar surface area (TPSA) is 59.2 Å². The number of H-pyrrole nitrogens is 1. The Morgan fingerprint density at radius 2 is 1.72 bits per heavy atom. The molecule has 1 aromatic heterocycles. The molecule has 1 atom stereocenters. The lowest BCUT2D eigenvalue weighted by molar-refractivity contribution is 0.198. The van der Waals surface area contributed by atoms with Gasteiger partial charge in [0.25, 0.3) is 0 Å². The largest absolute Gasteiger partial charge is 0.487 e. The number of nitrogens with one attached hydrogen (secondary N) is 2. The van der Waals surface area contributed by atoms with Crippen molar-refractivity contribution in [2.45, 2.75) is 52.7 Å². The molecule has 5 nitrogen and oxygen atoms in total. The molecule has 152 valence electrons. The van der Waals surface area contributed by atoms with Crippen LogP contribution in [0.25, 0.3) is 11.3 Å². The van der Waals surface area contributed by atoms with Crippen molar-refractivity contribution in [3.63, 3.8) is 0 Å². The molecule has 1 unspecified atom stereocenters. The van der Waals surface area contributed by atoms with Gasteiger partial charge in [0.1, 0.15) is 5.82 Å². The van der Waals surface area contributed by atoms with E-state index < -0.39 is 0 Å². The van der Waals surface area contributed by atoms with Crippen molar-refractivity contribution in [3.8, 4) is 22.8 Å². The average molecular weight is 456 g/mol. The molecule has 0 fully saturated rings. The van der Waals surface area contributed by atoms with Gasteiger partial charge in [-0.05, 0) is 63.6 Å². The van der Waals surface area contributed by atoms with Crippen molar-refractivity contribution in [3.05, 3.63) is 52.0 Å². The van der Waals surface area contributed by atoms with Gasteiger partial charge in [-0.3, -0.25) is 5.10 Å². The number of halogens is 1. The van der Waals surface area contributed by atoms with Gasteiger partial charge in [0.05, 0.1) is 17.9 Å². The van der Waals surface area contributed by atoms with E-state index in [1.807, 2.05) is 52.0 Å². The molecular weight excluding hydrogens is 430 g/mol. The number of anilines is 2. The highest BCUT2D eigenvalue weighted by Gasteiger charge is 2.33. The second-order valence-electron chi connectivity index (χ2n) is 7.94. The van der Waals surface area contributed by atoms with E-state index in [-0.39, 0.29) is 18.1 Å². The summed E-state index contributed by atoms with van der Waals surface area (Å²) in [5, 5.41) is 11.3. The van der Waals surface area contributed by atoms with Crippen molar-refractivity contribution in [1.82, 2.24) is 10.2 Å². The van der Waals surface area contributed by atoms with E-state index in [0.29, 0.717) is 0 Å². The summed E-state index contributed by atoms with van der Waals surface area (Å²) in [6, 6.07) is 12.3. The minimum Gasteiger partial charge on any atom is -0.487 e. The number of aromatic amines is 1. The number of hydrogen-bond donors (Lipinski definition) is 2. The minimum absolute atomic E-state index is 0.0637. The Labute approximate surface area is 180 Å². The lowest BCUT2D eigenvalue weighted by atomic mass is 9.99. The van der Waals surface area contributed by atoms with Crippen molar-refractivity contribution in [2.24, 2.45) is 0 Å². The monoisotopic (exact) mass is 455 g/mol. The van der Waals surface area contributed by atoms with Crippen LogP contribution in [-0.4, -0.2) is 22.4 Å². The van der Waals surface area contributed by atoms with E-state index in [1.54, 1.807) is 0 Å². The zero-order valence-corrected chi connectivity index (χ0v) is 18.9. The number of hydrogen-bond acceptors (Lipinski definition) is 4. The van der Waals surface area contributed by atoms with Gasteiger partial charge in [-0.1, -0.05) is 28.9 Å². The maximum absolute atomic E-state index is 6.06. The van der Waals surface area contributed by atoms with Crippen LogP contribution < -0.4 is 14.8 Å². The third-order valence-corrected chi connectivity index (χ3v) is 5.39. The highest BCUT2D eigenvalue weighted by atomic mass is 79.9. The fourth-order valence-electron chi connectivity index (χ4n) is 3.77. The first kappa shape index (κ1) is 19.8. The van der Waals surface area contributed by atoms with E-state index in [1.165, 1.54) is 5.56 Å². The van der Waals surface area contributed by atoms with E-state index >= 15 is 0 Å². The minimum atomic E-state index is 0.0637. The van der Waals surface area contributed by atoms with Crippen LogP contribution in [0.5, 0.6) is 11.5 Å². The molecule has 1 heterocycles. The SMILES string of the molecule is CC(C)Oc1cc2c(cc1OC(C)C)C(C)c1c-2n[nH]c1Nc1cccc(Br)c1. The predicted octanol–water partition coefficient (Wildman–Crippen LogP) is 6.62. The van der Waals surface area contributed by atoms with Gasteiger partial charge < -0.3 is 14.8 Å². The molecule has 0 aliphatic heterocycles. The molecule has 3 aromatic rings. The van der Waals surface area contributed by atoms with Crippen LogP contribution in [0, 0.1) is 0 Å². The third kappa shape index (κ3) is 3.86. The Kier molecular flexibility index (Phi) is 5.30. The fraction of sp³-hybridized carbons (Fsp3) is 0.348. The molecule has 29 heavy (non-hydrogen) atoms. The van der Waals surface area contributed by atoms with Gasteiger partial charge >= 0.3 is 0 Å². The first-order valence-corrected chi connectivity index (χ1v) is 10.7. The highest BCUT2D eigenvalue weighted by Crippen LogP contribution is 2.50. The molecule has 6 heteroatoms. The molecule has 0 bridgehead atoms. The van der Waals surface area contributed by atoms with Crippen LogP contribution in [0.1, 0.15) is 51.7 Å². The Balaban J connectivity index is 1.74. The third-order valence-electron chi connectivity index (χ3n) is 4.89. The molecule has 0 radical (unpaired) electrons. The summed E-state index contributed by atoms with van der Waals surface area (Å²) >= 11 is 3.53. The molecule has 0 spiro atoms. The van der Waals surface area contributed by atoms with Gasteiger partial charge in [-0.15, -0.1) is 0 Å². The Bertz CT molecular complexity index is 1040. The molecular formula is C23H26BrN3O2. The average Bonchev–Trinajstić information content (AvgIpc) is 3.15. The van der Waals surface area contributed by atoms with Gasteiger partial charge in [0.2, 0.25) is 0 Å². The number of nitrogens with zero attached hydrogens (tertiary/aromatic N) is 1. The van der Waals surface area contributed by atoms with Crippen molar-refractivity contribution < 1.29 is 9.47 Å². The summed E-state index contributed by atoms with van der Waals surface area (Å²) in [5.74, 6) is 2.66. The Morgan fingerprint density at radius 1 is 1.03 bits per heavy atom. The van der Waals surface area contributed by atoms with Crippen molar-refractivity contribution >= 4 is 27.4 Å². The van der Waals surface area contributed by atoms with Crippen LogP contribution in [0.2, 0.25) is 0 Å². The van der Waals surface area contributed by atoms with Crippen LogP contribution in [0.4, 0.5) is 11.5 Å². The summed E-state index contributed by atoms with van der Waals surface area (Å²) < 4.78 is 13.1. The molecule has 0 saturated heterocycles. The first-order valence-electron chi connectivity index (χ1n) is 9.96. The van der Waals surface area contributed by atoms with Crippen LogP contribution >= 0.6 is 15.9 Å². The first-order chi connectivity index (χ1) is 13.8. The predicted molar refractivity (Wildman–Crippen MR) is 120 cm³/mol. The smallest absolute Gasteiger partial charge is 0.162 e. The van der Waals surface area contributed by atoms with E-state index in [4.69, 9.17) is 9.47 Å². The normalized spacial score (nSPS) is 14.8. The highest BCUT2D eigenvalue weighted by molar-refractivity contribution is 9.10. The van der Waals surface area contributed by atoms with Crippen molar-refractivity contribution in [1.29, 1.82) is 0 Å². The molecule has 1 aliphatic rings. The standard InChI is InChI=1S/C23H26BrN3O2/c1-12(2)28-19-10-17-14(5)21-22(18(17)11-20(19)29-13(3)4)26-27-23(21)25-16-8-6-7-15(24)9-16/h6-14H,1-5H3,(H2,25,26,27). The zero-order valence-electron chi connectivity index (χ0n) is 17.3. The van der Waals surface area contributed by atoms with Crippen LogP contribution in [0.3, 0.4) is 0 Å². The van der Waals surface area contributed by atoms with Crippen LogP contribution in [-0.2, 0) is 0 Å². The van der Waals surface area contributed by atoms with Gasteiger partial charge in [0, 0.05) is 27.2 Å². The Hall–Kier alpha value is -2.47. The van der Waals surface area contributed by atoms with E-state index in [2.05, 4.69) is 50.5 Å². The molecule has 1 aliphatic carbocycles. The Morgan fingerprint density at radius 3 is 2.38 bits per heavy atom. The summed E-state index contributed by atoms with van der Waals surface area (Å²) in [5.41, 5.74) is 5.44. The maximum Gasteiger partial charge on any atom is 0.162 e. The molecule has 0 saturated carbocycles. The molecule has 4 rings (SSSR count). The quantitative estimate of drug-likeness (QED) is 0.438. The molecule has 2 N–H and O–H groups in total. The molecule has 2 aromatic carbocycles. The van der Waals surface area contributed by atoms with Gasteiger partial charge in [-0.2, -0.15) is 5.10 Å². The maximum atomic E-state index is 6.06. The van der Waals surface area contributed by atoms with E-state index in [0.717, 1.165) is 44.3 Å². The second-order valence-corrected chi connectivity index (χ2v) is 8.85. The summed E-state index contributed by atoms with van der Waals surface area (Å²) in [4.78, 5) is 0. The number of aromatic nitrogens is 2. The summed E-state index contributed by atoms with van der Waals surface area (Å²) in [6.45, 7) is 10.3. The van der Waals surface area contributed by atoms with Crippen molar-refractivity contribution in [2.75, 3.05) is 5.32 Å². The number of fused-ring (bicyclic) bond motifs is 3. The summed E-state index contributed by atoms with van der Waals surface area (Å²) in [6.07, 6.45) is 0.138. The second kappa shape index (κ2) is 7.75. The lowest BCUT2D eigenvalue weighted by Crippen LogP contribution is -2.11. The van der Waals surface area contributed by atoms with Gasteiger partial charge in [-0.25, -0.2) is 0 Å². The lowest BCUT2D eigenvalue weighted by Gasteiger charge is -2.19. The summed E-state index contributed by atoms with van der Waals surface area (Å²) in [7, 11) is 0. The number of benzene rings is 2. The number of rotatable bonds is 6. The van der Waals surface area contributed by atoms with Crippen LogP contribution in [0.15, 0.2) is 40.9 Å². The molecule has 0 amide bonds. The fourth-order valence-corrected chi connectivity index (χ4v) is 4.17. The van der Waals surface area contributed by atoms with Gasteiger partial charge in [0.15, 0.2) is 11.5 Å². The zero-order chi connectivity index (χ0) is 20.7.